The Balaban J connectivity index is 0.000000177. The van der Waals surface area contributed by atoms with E-state index in [1.54, 1.807) is 12.1 Å². The van der Waals surface area contributed by atoms with Crippen LogP contribution in [0.4, 0.5) is 0 Å². The summed E-state index contributed by atoms with van der Waals surface area (Å²) >= 11 is 0. The maximum absolute atomic E-state index is 10.5. The van der Waals surface area contributed by atoms with Crippen LogP contribution in [0.2, 0.25) is 0 Å². The second-order valence-corrected chi connectivity index (χ2v) is 4.92. The molecule has 6 heteroatoms. The summed E-state index contributed by atoms with van der Waals surface area (Å²) in [5, 5.41) is 27.2. The van der Waals surface area contributed by atoms with E-state index in [1.807, 2.05) is 30.3 Å². The number of nitrogens with one attached hydrogen (secondary N) is 1. The molecule has 6 nitrogen and oxygen atoms in total. The second-order valence-electron chi connectivity index (χ2n) is 4.92. The van der Waals surface area contributed by atoms with E-state index in [0.29, 0.717) is 16.8 Å². The van der Waals surface area contributed by atoms with Gasteiger partial charge < -0.3 is 21.4 Å². The van der Waals surface area contributed by atoms with Crippen LogP contribution in [-0.2, 0) is 6.61 Å². The van der Waals surface area contributed by atoms with E-state index in [1.165, 1.54) is 18.5 Å². The van der Waals surface area contributed by atoms with Crippen molar-refractivity contribution in [2.45, 2.75) is 6.61 Å². The normalized spacial score (nSPS) is 9.88. The summed E-state index contributed by atoms with van der Waals surface area (Å²) < 4.78 is 0. The predicted octanol–water partition coefficient (Wildman–Crippen LogP) is 2.22. The molecule has 122 valence electrons. The minimum absolute atomic E-state index is 0.126. The molecule has 5 N–H and O–H groups in total. The van der Waals surface area contributed by atoms with Gasteiger partial charge in [-0.15, -0.1) is 0 Å². The van der Waals surface area contributed by atoms with Crippen LogP contribution in [0, 0.1) is 5.41 Å². The Morgan fingerprint density at radius 3 is 2.50 bits per heavy atom. The third-order valence-corrected chi connectivity index (χ3v) is 3.36. The van der Waals surface area contributed by atoms with Crippen LogP contribution in [-0.4, -0.2) is 27.3 Å². The zero-order valence-electron chi connectivity index (χ0n) is 12.8. The number of aliphatic hydroxyl groups is 1. The Morgan fingerprint density at radius 1 is 1.17 bits per heavy atom. The van der Waals surface area contributed by atoms with Gasteiger partial charge in [0.2, 0.25) is 5.91 Å². The number of nitrogens with zero attached hydrogens (tertiary/aromatic N) is 1. The number of pyridine rings is 1. The highest BCUT2D eigenvalue weighted by atomic mass is 16.3. The van der Waals surface area contributed by atoms with Gasteiger partial charge in [-0.25, -0.2) is 0 Å². The number of amides is 1. The molecule has 0 aliphatic heterocycles. The highest BCUT2D eigenvalue weighted by Crippen LogP contribution is 2.24. The van der Waals surface area contributed by atoms with E-state index in [-0.39, 0.29) is 12.4 Å². The van der Waals surface area contributed by atoms with Gasteiger partial charge in [0.25, 0.3) is 0 Å². The van der Waals surface area contributed by atoms with E-state index in [9.17, 15) is 9.90 Å². The number of rotatable bonds is 3. The van der Waals surface area contributed by atoms with Crippen molar-refractivity contribution >= 4 is 22.9 Å². The molecule has 0 spiro atoms. The Bertz CT molecular complexity index is 861. The van der Waals surface area contributed by atoms with Crippen molar-refractivity contribution in [3.63, 3.8) is 0 Å². The maximum Gasteiger partial charge on any atom is 0.250 e. The number of benzene rings is 2. The largest absolute Gasteiger partial charge is 0.507 e. The third-order valence-electron chi connectivity index (χ3n) is 3.36. The summed E-state index contributed by atoms with van der Waals surface area (Å²) in [6.45, 7) is -0.126. The monoisotopic (exact) mass is 323 g/mol. The fourth-order valence-electron chi connectivity index (χ4n) is 2.10. The van der Waals surface area contributed by atoms with Crippen LogP contribution in [0.5, 0.6) is 5.75 Å². The number of carbonyl (C=O) groups excluding carboxylic acids is 1. The lowest BCUT2D eigenvalue weighted by molar-refractivity contribution is 0.1000. The predicted molar refractivity (Wildman–Crippen MR) is 92.2 cm³/mol. The summed E-state index contributed by atoms with van der Waals surface area (Å²) in [5.74, 6) is -0.351. The summed E-state index contributed by atoms with van der Waals surface area (Å²) in [6.07, 6.45) is 2.52. The fourth-order valence-corrected chi connectivity index (χ4v) is 2.10. The summed E-state index contributed by atoms with van der Waals surface area (Å²) in [7, 11) is 0. The molecule has 0 atom stereocenters. The zero-order valence-corrected chi connectivity index (χ0v) is 12.8. The number of carbonyl (C=O) groups is 1. The molecule has 0 saturated heterocycles. The van der Waals surface area contributed by atoms with Gasteiger partial charge in [-0.2, -0.15) is 0 Å². The van der Waals surface area contributed by atoms with Gasteiger partial charge in [0.1, 0.15) is 5.75 Å². The van der Waals surface area contributed by atoms with Gasteiger partial charge in [-0.05, 0) is 29.0 Å². The van der Waals surface area contributed by atoms with Crippen molar-refractivity contribution in [3.05, 3.63) is 71.5 Å². The molecule has 0 aliphatic carbocycles. The van der Waals surface area contributed by atoms with Crippen molar-refractivity contribution in [2.24, 2.45) is 5.73 Å². The summed E-state index contributed by atoms with van der Waals surface area (Å²) in [6, 6.07) is 14.2. The van der Waals surface area contributed by atoms with Gasteiger partial charge in [0.05, 0.1) is 17.9 Å². The molecule has 0 saturated carbocycles. The van der Waals surface area contributed by atoms with E-state index in [2.05, 4.69) is 4.98 Å². The molecule has 24 heavy (non-hydrogen) atoms. The first kappa shape index (κ1) is 17.1. The van der Waals surface area contributed by atoms with Crippen LogP contribution in [0.25, 0.3) is 10.8 Å². The van der Waals surface area contributed by atoms with Gasteiger partial charge >= 0.3 is 0 Å². The molecule has 3 rings (SSSR count). The van der Waals surface area contributed by atoms with Crippen LogP contribution in [0.15, 0.2) is 54.7 Å². The number of aliphatic hydroxyl groups excluding tert-OH is 1. The van der Waals surface area contributed by atoms with E-state index < -0.39 is 5.91 Å². The number of fused-ring (bicyclic) bond motifs is 1. The molecular formula is C18H17N3O3. The molecular weight excluding hydrogens is 306 g/mol. The third kappa shape index (κ3) is 3.93. The van der Waals surface area contributed by atoms with Crippen molar-refractivity contribution in [2.75, 3.05) is 0 Å². The van der Waals surface area contributed by atoms with Crippen LogP contribution < -0.4 is 5.73 Å². The molecule has 1 amide bonds. The SMILES string of the molecule is N=Cc1c(O)ccc2ccccc12.NC(=O)c1ccc(CO)nc1. The minimum Gasteiger partial charge on any atom is -0.507 e. The molecule has 3 aromatic rings. The standard InChI is InChI=1S/C11H9NO.C7H8N2O2/c12-7-10-9-4-2-1-3-8(9)5-6-11(10)13;8-7(11)5-1-2-6(4-10)9-3-5/h1-7,12-13H;1-3,10H,4H2,(H2,8,11). The average Bonchev–Trinajstić information content (AvgIpc) is 2.62. The Morgan fingerprint density at radius 2 is 1.92 bits per heavy atom. The number of hydrogen-bond donors (Lipinski definition) is 4. The number of aromatic nitrogens is 1. The number of aromatic hydroxyl groups is 1. The smallest absolute Gasteiger partial charge is 0.250 e. The number of phenolic OH excluding ortho intramolecular Hbond substituents is 1. The lowest BCUT2D eigenvalue weighted by atomic mass is 10.0. The van der Waals surface area contributed by atoms with Crippen LogP contribution in [0.3, 0.4) is 0 Å². The molecule has 0 aliphatic rings. The van der Waals surface area contributed by atoms with Crippen LogP contribution >= 0.6 is 0 Å². The first-order valence-electron chi connectivity index (χ1n) is 7.13. The Kier molecular flexibility index (Phi) is 5.59. The number of hydrogen-bond acceptors (Lipinski definition) is 5. The van der Waals surface area contributed by atoms with Crippen molar-refractivity contribution in [1.29, 1.82) is 5.41 Å². The first-order valence-corrected chi connectivity index (χ1v) is 7.13. The number of phenols is 1. The Labute approximate surface area is 138 Å². The average molecular weight is 323 g/mol. The molecule has 0 fully saturated rings. The number of primary amides is 1. The van der Waals surface area contributed by atoms with Gasteiger partial charge in [-0.3, -0.25) is 9.78 Å². The van der Waals surface area contributed by atoms with Gasteiger partial charge in [0.15, 0.2) is 0 Å². The van der Waals surface area contributed by atoms with Crippen molar-refractivity contribution < 1.29 is 15.0 Å². The highest BCUT2D eigenvalue weighted by Gasteiger charge is 2.02. The number of nitrogens with two attached hydrogens (primary N) is 1. The lowest BCUT2D eigenvalue weighted by Crippen LogP contribution is -2.11. The zero-order chi connectivity index (χ0) is 17.5. The van der Waals surface area contributed by atoms with E-state index in [4.69, 9.17) is 16.2 Å². The van der Waals surface area contributed by atoms with Crippen molar-refractivity contribution in [3.8, 4) is 5.75 Å². The van der Waals surface area contributed by atoms with Gasteiger partial charge in [0, 0.05) is 18.0 Å². The van der Waals surface area contributed by atoms with Gasteiger partial charge in [-0.1, -0.05) is 30.3 Å². The van der Waals surface area contributed by atoms with E-state index >= 15 is 0 Å². The van der Waals surface area contributed by atoms with Crippen molar-refractivity contribution in [1.82, 2.24) is 4.98 Å². The molecule has 1 aromatic heterocycles. The quantitative estimate of drug-likeness (QED) is 0.552. The Hall–Kier alpha value is -3.25. The molecule has 0 bridgehead atoms. The second kappa shape index (κ2) is 7.85. The van der Waals surface area contributed by atoms with E-state index in [0.717, 1.165) is 10.8 Å². The highest BCUT2D eigenvalue weighted by molar-refractivity contribution is 6.01. The summed E-state index contributed by atoms with van der Waals surface area (Å²) in [5.41, 5.74) is 6.42. The minimum atomic E-state index is -0.512. The summed E-state index contributed by atoms with van der Waals surface area (Å²) in [4.78, 5) is 14.3. The fraction of sp³-hybridized carbons (Fsp3) is 0.0556. The van der Waals surface area contributed by atoms with Crippen LogP contribution in [0.1, 0.15) is 21.6 Å². The molecule has 0 unspecified atom stereocenters. The lowest BCUT2D eigenvalue weighted by Gasteiger charge is -2.03. The molecule has 2 aromatic carbocycles. The molecule has 1 heterocycles. The molecule has 0 radical (unpaired) electrons. The first-order chi connectivity index (χ1) is 11.6. The maximum atomic E-state index is 10.5. The topological polar surface area (TPSA) is 120 Å².